The number of piperazine rings is 1. The normalized spacial score (nSPS) is 20.3. The highest BCUT2D eigenvalue weighted by atomic mass is 16.2. The summed E-state index contributed by atoms with van der Waals surface area (Å²) in [6.45, 7) is 7.57. The van der Waals surface area contributed by atoms with Crippen LogP contribution in [0.3, 0.4) is 0 Å². The summed E-state index contributed by atoms with van der Waals surface area (Å²) in [6, 6.07) is -0.289. The van der Waals surface area contributed by atoms with Gasteiger partial charge in [-0.05, 0) is 23.4 Å². The molecule has 1 aliphatic heterocycles. The Hall–Kier alpha value is -1.50. The van der Waals surface area contributed by atoms with E-state index in [9.17, 15) is 4.79 Å². The lowest BCUT2D eigenvalue weighted by Gasteiger charge is -2.35. The molecule has 7 nitrogen and oxygen atoms in total. The van der Waals surface area contributed by atoms with Gasteiger partial charge < -0.3 is 9.80 Å². The Bertz CT molecular complexity index is 398. The maximum Gasteiger partial charge on any atom is 0.247 e. The molecule has 19 heavy (non-hydrogen) atoms. The second-order valence-corrected chi connectivity index (χ2v) is 5.25. The molecule has 2 rings (SSSR count). The number of aromatic nitrogens is 4. The molecule has 0 aliphatic carbocycles. The number of rotatable bonds is 4. The minimum Gasteiger partial charge on any atom is -0.338 e. The summed E-state index contributed by atoms with van der Waals surface area (Å²) in [5.41, 5.74) is 0. The van der Waals surface area contributed by atoms with Gasteiger partial charge in [0.25, 0.3) is 0 Å². The number of tetrazole rings is 1. The van der Waals surface area contributed by atoms with Crippen LogP contribution in [0.5, 0.6) is 0 Å². The topological polar surface area (TPSA) is 67.2 Å². The van der Waals surface area contributed by atoms with Crippen LogP contribution in [0, 0.1) is 5.92 Å². The third kappa shape index (κ3) is 3.09. The molecule has 0 N–H and O–H groups in total. The van der Waals surface area contributed by atoms with Gasteiger partial charge in [0.15, 0.2) is 0 Å². The van der Waals surface area contributed by atoms with Crippen molar-refractivity contribution in [3.05, 3.63) is 6.33 Å². The minimum atomic E-state index is -0.289. The zero-order chi connectivity index (χ0) is 13.8. The fourth-order valence-corrected chi connectivity index (χ4v) is 2.35. The van der Waals surface area contributed by atoms with Crippen molar-refractivity contribution in [3.63, 3.8) is 0 Å². The number of hydrogen-bond donors (Lipinski definition) is 0. The summed E-state index contributed by atoms with van der Waals surface area (Å²) in [5.74, 6) is 0.352. The lowest BCUT2D eigenvalue weighted by Crippen LogP contribution is -2.50. The highest BCUT2D eigenvalue weighted by Gasteiger charge is 2.32. The Morgan fingerprint density at radius 1 is 1.32 bits per heavy atom. The number of hydrogen-bond acceptors (Lipinski definition) is 5. The summed E-state index contributed by atoms with van der Waals surface area (Å²) in [5, 5.41) is 11.2. The van der Waals surface area contributed by atoms with Gasteiger partial charge in [0.1, 0.15) is 12.4 Å². The van der Waals surface area contributed by atoms with Crippen LogP contribution in [0.1, 0.15) is 26.3 Å². The van der Waals surface area contributed by atoms with E-state index in [1.165, 1.54) is 6.33 Å². The van der Waals surface area contributed by atoms with Gasteiger partial charge in [-0.15, -0.1) is 5.10 Å². The zero-order valence-corrected chi connectivity index (χ0v) is 11.9. The first-order valence-electron chi connectivity index (χ1n) is 6.83. The van der Waals surface area contributed by atoms with E-state index in [1.54, 1.807) is 4.68 Å². The molecule has 1 aromatic heterocycles. The maximum atomic E-state index is 12.7. The van der Waals surface area contributed by atoms with Gasteiger partial charge in [-0.1, -0.05) is 20.3 Å². The molecule has 2 heterocycles. The van der Waals surface area contributed by atoms with E-state index in [0.29, 0.717) is 0 Å². The van der Waals surface area contributed by atoms with Crippen molar-refractivity contribution in [1.29, 1.82) is 0 Å². The van der Waals surface area contributed by atoms with Crippen molar-refractivity contribution in [3.8, 4) is 0 Å². The first kappa shape index (κ1) is 13.9. The fourth-order valence-electron chi connectivity index (χ4n) is 2.35. The van der Waals surface area contributed by atoms with Crippen LogP contribution >= 0.6 is 0 Å². The number of amides is 1. The van der Waals surface area contributed by atoms with E-state index in [1.807, 2.05) is 4.90 Å². The molecular weight excluding hydrogens is 244 g/mol. The molecule has 1 fully saturated rings. The first-order chi connectivity index (χ1) is 9.13. The number of carbonyl (C=O) groups is 1. The van der Waals surface area contributed by atoms with E-state index in [-0.39, 0.29) is 17.9 Å². The summed E-state index contributed by atoms with van der Waals surface area (Å²) >= 11 is 0. The van der Waals surface area contributed by atoms with Crippen molar-refractivity contribution in [2.45, 2.75) is 26.3 Å². The van der Waals surface area contributed by atoms with E-state index < -0.39 is 0 Å². The second-order valence-electron chi connectivity index (χ2n) is 5.25. The number of carbonyl (C=O) groups excluding carboxylic acids is 1. The highest BCUT2D eigenvalue weighted by molar-refractivity contribution is 5.80. The van der Waals surface area contributed by atoms with Crippen molar-refractivity contribution in [2.24, 2.45) is 5.92 Å². The fraction of sp³-hybridized carbons (Fsp3) is 0.833. The lowest BCUT2D eigenvalue weighted by molar-refractivity contribution is -0.138. The molecule has 0 saturated carbocycles. The van der Waals surface area contributed by atoms with Crippen molar-refractivity contribution < 1.29 is 4.79 Å². The van der Waals surface area contributed by atoms with Gasteiger partial charge in [-0.2, -0.15) is 0 Å². The van der Waals surface area contributed by atoms with E-state index in [4.69, 9.17) is 0 Å². The van der Waals surface area contributed by atoms with E-state index in [2.05, 4.69) is 41.3 Å². The van der Waals surface area contributed by atoms with Gasteiger partial charge in [0.05, 0.1) is 0 Å². The molecule has 1 aliphatic rings. The van der Waals surface area contributed by atoms with Gasteiger partial charge >= 0.3 is 0 Å². The quantitative estimate of drug-likeness (QED) is 0.769. The third-order valence-corrected chi connectivity index (χ3v) is 3.90. The molecule has 0 bridgehead atoms. The van der Waals surface area contributed by atoms with Gasteiger partial charge in [0, 0.05) is 26.2 Å². The molecule has 0 spiro atoms. The molecule has 2 atom stereocenters. The molecule has 0 unspecified atom stereocenters. The molecule has 1 aromatic rings. The van der Waals surface area contributed by atoms with E-state index >= 15 is 0 Å². The smallest absolute Gasteiger partial charge is 0.247 e. The molecule has 106 valence electrons. The standard InChI is InChI=1S/C12H22N6O/c1-4-10(2)11(18-9-13-14-15-18)12(19)17-7-5-16(3)6-8-17/h9-11H,4-8H2,1-3H3/t10-,11-/m0/s1. The largest absolute Gasteiger partial charge is 0.338 e. The van der Waals surface area contributed by atoms with Gasteiger partial charge in [0.2, 0.25) is 5.91 Å². The molecular formula is C12H22N6O. The Balaban J connectivity index is 2.12. The molecule has 0 aromatic carbocycles. The first-order valence-corrected chi connectivity index (χ1v) is 6.83. The molecule has 1 saturated heterocycles. The van der Waals surface area contributed by atoms with Crippen LogP contribution in [-0.2, 0) is 4.79 Å². The predicted molar refractivity (Wildman–Crippen MR) is 70.4 cm³/mol. The predicted octanol–water partition coefficient (Wildman–Crippen LogP) is 0.0343. The lowest BCUT2D eigenvalue weighted by atomic mass is 9.98. The summed E-state index contributed by atoms with van der Waals surface area (Å²) in [6.07, 6.45) is 2.45. The minimum absolute atomic E-state index is 0.134. The van der Waals surface area contributed by atoms with Crippen LogP contribution in [-0.4, -0.2) is 69.1 Å². The van der Waals surface area contributed by atoms with Crippen LogP contribution in [0.25, 0.3) is 0 Å². The Morgan fingerprint density at radius 2 is 2.00 bits per heavy atom. The molecule has 1 amide bonds. The van der Waals surface area contributed by atoms with Crippen molar-refractivity contribution >= 4 is 5.91 Å². The highest BCUT2D eigenvalue weighted by Crippen LogP contribution is 2.22. The average Bonchev–Trinajstić information content (AvgIpc) is 2.93. The summed E-state index contributed by atoms with van der Waals surface area (Å²) in [7, 11) is 2.08. The average molecular weight is 266 g/mol. The van der Waals surface area contributed by atoms with Crippen molar-refractivity contribution in [1.82, 2.24) is 30.0 Å². The van der Waals surface area contributed by atoms with Crippen LogP contribution < -0.4 is 0 Å². The molecule has 0 radical (unpaired) electrons. The van der Waals surface area contributed by atoms with E-state index in [0.717, 1.165) is 32.6 Å². The van der Waals surface area contributed by atoms with Crippen LogP contribution in [0.2, 0.25) is 0 Å². The van der Waals surface area contributed by atoms with Gasteiger partial charge in [-0.3, -0.25) is 4.79 Å². The maximum absolute atomic E-state index is 12.7. The Morgan fingerprint density at radius 3 is 2.53 bits per heavy atom. The third-order valence-electron chi connectivity index (χ3n) is 3.90. The zero-order valence-electron chi connectivity index (χ0n) is 11.9. The SMILES string of the molecule is CC[C@H](C)[C@@H](C(=O)N1CCN(C)CC1)n1cnnn1. The Labute approximate surface area is 113 Å². The van der Waals surface area contributed by atoms with Gasteiger partial charge in [-0.25, -0.2) is 4.68 Å². The molecule has 7 heteroatoms. The summed E-state index contributed by atoms with van der Waals surface area (Å²) in [4.78, 5) is 16.9. The van der Waals surface area contributed by atoms with Crippen LogP contribution in [0.15, 0.2) is 6.33 Å². The van der Waals surface area contributed by atoms with Crippen molar-refractivity contribution in [2.75, 3.05) is 33.2 Å². The second kappa shape index (κ2) is 6.10. The Kier molecular flexibility index (Phi) is 4.47. The number of nitrogens with zero attached hydrogens (tertiary/aromatic N) is 6. The number of likely N-dealkylation sites (N-methyl/N-ethyl adjacent to an activating group) is 1. The summed E-state index contributed by atoms with van der Waals surface area (Å²) < 4.78 is 1.59. The van der Waals surface area contributed by atoms with Crippen LogP contribution in [0.4, 0.5) is 0 Å². The monoisotopic (exact) mass is 266 g/mol.